The van der Waals surface area contributed by atoms with Gasteiger partial charge in [0.1, 0.15) is 6.61 Å². The number of hydrogen-bond donors (Lipinski definition) is 0. The van der Waals surface area contributed by atoms with Crippen LogP contribution in [-0.4, -0.2) is 50.6 Å². The zero-order valence-corrected chi connectivity index (χ0v) is 9.89. The molecular formula is C12H20N2O2. The number of nitrogens with zero attached hydrogens (tertiary/aromatic N) is 2. The predicted molar refractivity (Wildman–Crippen MR) is 65.7 cm³/mol. The van der Waals surface area contributed by atoms with Gasteiger partial charge in [-0.05, 0) is 12.5 Å². The maximum Gasteiger partial charge on any atom is 0.129 e. The van der Waals surface area contributed by atoms with Crippen LogP contribution in [0.1, 0.15) is 6.92 Å². The van der Waals surface area contributed by atoms with Crippen LogP contribution in [0.15, 0.2) is 29.5 Å². The molecular weight excluding hydrogens is 204 g/mol. The number of hydrogen-bond acceptors (Lipinski definition) is 4. The Morgan fingerprint density at radius 3 is 2.94 bits per heavy atom. The van der Waals surface area contributed by atoms with Gasteiger partial charge in [0.2, 0.25) is 0 Å². The molecule has 16 heavy (non-hydrogen) atoms. The summed E-state index contributed by atoms with van der Waals surface area (Å²) in [6.07, 6.45) is 5.31. The normalized spacial score (nSPS) is 18.9. The van der Waals surface area contributed by atoms with E-state index >= 15 is 0 Å². The van der Waals surface area contributed by atoms with Gasteiger partial charge in [0.15, 0.2) is 0 Å². The summed E-state index contributed by atoms with van der Waals surface area (Å²) in [7, 11) is 0. The molecule has 90 valence electrons. The largest absolute Gasteiger partial charge is 0.394 e. The number of oxime groups is 1. The number of rotatable bonds is 6. The molecule has 0 atom stereocenters. The minimum Gasteiger partial charge on any atom is -0.394 e. The molecule has 1 fully saturated rings. The summed E-state index contributed by atoms with van der Waals surface area (Å²) in [5, 5.41) is 3.88. The van der Waals surface area contributed by atoms with E-state index in [4.69, 9.17) is 9.57 Å². The zero-order chi connectivity index (χ0) is 11.6. The Hall–Kier alpha value is -1.13. The van der Waals surface area contributed by atoms with Crippen molar-refractivity contribution in [3.63, 3.8) is 0 Å². The van der Waals surface area contributed by atoms with E-state index in [9.17, 15) is 0 Å². The van der Waals surface area contributed by atoms with E-state index < -0.39 is 0 Å². The molecule has 1 heterocycles. The van der Waals surface area contributed by atoms with Crippen LogP contribution in [0, 0.1) is 0 Å². The van der Waals surface area contributed by atoms with Crippen LogP contribution < -0.4 is 0 Å². The summed E-state index contributed by atoms with van der Waals surface area (Å²) in [5.74, 6) is 0. The SMILES string of the molecule is C=C/C=C(C)\C=N/OCCN1CCOCC1. The van der Waals surface area contributed by atoms with Gasteiger partial charge in [0.05, 0.1) is 19.4 Å². The molecule has 0 unspecified atom stereocenters. The molecule has 0 aliphatic carbocycles. The molecule has 1 rings (SSSR count). The van der Waals surface area contributed by atoms with Crippen molar-refractivity contribution in [2.45, 2.75) is 6.92 Å². The van der Waals surface area contributed by atoms with E-state index in [0.29, 0.717) is 6.61 Å². The lowest BCUT2D eigenvalue weighted by Gasteiger charge is -2.25. The molecule has 0 aromatic heterocycles. The van der Waals surface area contributed by atoms with Crippen molar-refractivity contribution >= 4 is 6.21 Å². The summed E-state index contributed by atoms with van der Waals surface area (Å²) in [5.41, 5.74) is 1.03. The first-order chi connectivity index (χ1) is 7.83. The second-order valence-electron chi connectivity index (χ2n) is 3.67. The molecule has 0 saturated carbocycles. The molecule has 0 amide bonds. The van der Waals surface area contributed by atoms with Gasteiger partial charge >= 0.3 is 0 Å². The second kappa shape index (κ2) is 8.07. The number of ether oxygens (including phenoxy) is 1. The van der Waals surface area contributed by atoms with Crippen molar-refractivity contribution in [2.75, 3.05) is 39.5 Å². The van der Waals surface area contributed by atoms with Crippen molar-refractivity contribution in [2.24, 2.45) is 5.16 Å². The fraction of sp³-hybridized carbons (Fsp3) is 0.583. The van der Waals surface area contributed by atoms with Crippen LogP contribution in [0.5, 0.6) is 0 Å². The molecule has 1 saturated heterocycles. The predicted octanol–water partition coefficient (Wildman–Crippen LogP) is 1.45. The van der Waals surface area contributed by atoms with E-state index in [1.807, 2.05) is 13.0 Å². The van der Waals surface area contributed by atoms with Crippen molar-refractivity contribution in [3.8, 4) is 0 Å². The lowest BCUT2D eigenvalue weighted by Crippen LogP contribution is -2.38. The standard InChI is InChI=1S/C12H20N2O2/c1-3-4-12(2)11-13-16-10-7-14-5-8-15-9-6-14/h3-4,11H,1,5-10H2,2H3/b12-4-,13-11-. The van der Waals surface area contributed by atoms with Crippen molar-refractivity contribution < 1.29 is 9.57 Å². The van der Waals surface area contributed by atoms with Crippen LogP contribution in [0.2, 0.25) is 0 Å². The smallest absolute Gasteiger partial charge is 0.129 e. The monoisotopic (exact) mass is 224 g/mol. The Kier molecular flexibility index (Phi) is 6.53. The third kappa shape index (κ3) is 5.68. The van der Waals surface area contributed by atoms with E-state index in [0.717, 1.165) is 38.4 Å². The minimum atomic E-state index is 0.623. The highest BCUT2D eigenvalue weighted by Gasteiger charge is 2.09. The van der Waals surface area contributed by atoms with Gasteiger partial charge in [-0.3, -0.25) is 4.90 Å². The summed E-state index contributed by atoms with van der Waals surface area (Å²) >= 11 is 0. The zero-order valence-electron chi connectivity index (χ0n) is 9.89. The highest BCUT2D eigenvalue weighted by Crippen LogP contribution is 1.96. The Labute approximate surface area is 97.2 Å². The molecule has 0 bridgehead atoms. The molecule has 0 aromatic rings. The van der Waals surface area contributed by atoms with Gasteiger partial charge in [-0.2, -0.15) is 0 Å². The minimum absolute atomic E-state index is 0.623. The van der Waals surface area contributed by atoms with E-state index in [2.05, 4.69) is 16.6 Å². The van der Waals surface area contributed by atoms with Gasteiger partial charge in [0.25, 0.3) is 0 Å². The third-order valence-electron chi connectivity index (χ3n) is 2.31. The highest BCUT2D eigenvalue weighted by molar-refractivity contribution is 5.77. The average molecular weight is 224 g/mol. The molecule has 1 aliphatic rings. The summed E-state index contributed by atoms with van der Waals surface area (Å²) < 4.78 is 5.26. The quantitative estimate of drug-likeness (QED) is 0.296. The molecule has 4 heteroatoms. The van der Waals surface area contributed by atoms with Crippen molar-refractivity contribution in [3.05, 3.63) is 24.3 Å². The number of allylic oxidation sites excluding steroid dienone is 3. The summed E-state index contributed by atoms with van der Waals surface area (Å²) in [4.78, 5) is 7.48. The first-order valence-corrected chi connectivity index (χ1v) is 5.57. The van der Waals surface area contributed by atoms with Crippen molar-refractivity contribution in [1.29, 1.82) is 0 Å². The summed E-state index contributed by atoms with van der Waals surface area (Å²) in [6.45, 7) is 10.7. The fourth-order valence-electron chi connectivity index (χ4n) is 1.40. The molecule has 0 N–H and O–H groups in total. The van der Waals surface area contributed by atoms with Crippen LogP contribution in [0.3, 0.4) is 0 Å². The van der Waals surface area contributed by atoms with E-state index in [-0.39, 0.29) is 0 Å². The number of morpholine rings is 1. The molecule has 0 spiro atoms. The maximum atomic E-state index is 5.26. The van der Waals surface area contributed by atoms with Crippen molar-refractivity contribution in [1.82, 2.24) is 4.90 Å². The average Bonchev–Trinajstić information content (AvgIpc) is 2.30. The fourth-order valence-corrected chi connectivity index (χ4v) is 1.40. The maximum absolute atomic E-state index is 5.26. The first-order valence-electron chi connectivity index (χ1n) is 5.57. The molecule has 1 aliphatic heterocycles. The van der Waals surface area contributed by atoms with Gasteiger partial charge in [-0.15, -0.1) is 0 Å². The third-order valence-corrected chi connectivity index (χ3v) is 2.31. The van der Waals surface area contributed by atoms with Crippen LogP contribution in [0.4, 0.5) is 0 Å². The second-order valence-corrected chi connectivity index (χ2v) is 3.67. The Bertz CT molecular complexity index is 256. The summed E-state index contributed by atoms with van der Waals surface area (Å²) in [6, 6.07) is 0. The first kappa shape index (κ1) is 12.9. The van der Waals surface area contributed by atoms with Gasteiger partial charge in [-0.25, -0.2) is 0 Å². The molecule has 0 radical (unpaired) electrons. The van der Waals surface area contributed by atoms with Crippen LogP contribution in [0.25, 0.3) is 0 Å². The van der Waals surface area contributed by atoms with Crippen LogP contribution in [-0.2, 0) is 9.57 Å². The Morgan fingerprint density at radius 2 is 2.25 bits per heavy atom. The highest BCUT2D eigenvalue weighted by atomic mass is 16.6. The lowest BCUT2D eigenvalue weighted by molar-refractivity contribution is 0.0214. The Morgan fingerprint density at radius 1 is 1.50 bits per heavy atom. The van der Waals surface area contributed by atoms with Gasteiger partial charge < -0.3 is 9.57 Å². The van der Waals surface area contributed by atoms with Gasteiger partial charge in [-0.1, -0.05) is 23.9 Å². The topological polar surface area (TPSA) is 34.1 Å². The van der Waals surface area contributed by atoms with Crippen LogP contribution >= 0.6 is 0 Å². The van der Waals surface area contributed by atoms with Gasteiger partial charge in [0, 0.05) is 19.6 Å². The molecule has 0 aromatic carbocycles. The van der Waals surface area contributed by atoms with E-state index in [1.165, 1.54) is 0 Å². The Balaban J connectivity index is 2.06. The van der Waals surface area contributed by atoms with E-state index in [1.54, 1.807) is 12.3 Å². The molecule has 4 nitrogen and oxygen atoms in total. The lowest BCUT2D eigenvalue weighted by atomic mass is 10.3.